The third-order valence-corrected chi connectivity index (χ3v) is 5.27. The molecule has 0 bridgehead atoms. The van der Waals surface area contributed by atoms with Gasteiger partial charge in [-0.3, -0.25) is 0 Å². The van der Waals surface area contributed by atoms with Gasteiger partial charge in [-0.15, -0.1) is 5.10 Å². The molecule has 1 heterocycles. The van der Waals surface area contributed by atoms with Crippen molar-refractivity contribution in [1.29, 1.82) is 0 Å². The van der Waals surface area contributed by atoms with Crippen LogP contribution in [0.1, 0.15) is 51.5 Å². The summed E-state index contributed by atoms with van der Waals surface area (Å²) in [5.74, 6) is 1.27. The fourth-order valence-electron chi connectivity index (χ4n) is 3.62. The Labute approximate surface area is 168 Å². The second-order valence-electron chi connectivity index (χ2n) is 7.25. The topological polar surface area (TPSA) is 66.0 Å². The Bertz CT molecular complexity index is 797. The summed E-state index contributed by atoms with van der Waals surface area (Å²) in [7, 11) is 0. The van der Waals surface area contributed by atoms with Gasteiger partial charge in [-0.25, -0.2) is 0 Å². The number of aromatic nitrogens is 3. The first-order valence-electron chi connectivity index (χ1n) is 10.4. The van der Waals surface area contributed by atoms with Crippen molar-refractivity contribution in [2.75, 3.05) is 35.2 Å². The number of nitrogens with zero attached hydrogens (tertiary/aromatic N) is 4. The Morgan fingerprint density at radius 1 is 1.14 bits per heavy atom. The fraction of sp³-hybridized carbons (Fsp3) is 0.500. The molecule has 28 heavy (non-hydrogen) atoms. The van der Waals surface area contributed by atoms with Crippen molar-refractivity contribution in [3.63, 3.8) is 0 Å². The van der Waals surface area contributed by atoms with Gasteiger partial charge in [0.05, 0.1) is 6.20 Å². The van der Waals surface area contributed by atoms with E-state index in [0.717, 1.165) is 31.7 Å². The molecule has 0 fully saturated rings. The highest BCUT2D eigenvalue weighted by Crippen LogP contribution is 2.25. The van der Waals surface area contributed by atoms with Gasteiger partial charge in [0, 0.05) is 31.0 Å². The van der Waals surface area contributed by atoms with Crippen LogP contribution in [0, 0.1) is 6.92 Å². The summed E-state index contributed by atoms with van der Waals surface area (Å²) in [6, 6.07) is 6.46. The average Bonchev–Trinajstić information content (AvgIpc) is 2.72. The lowest BCUT2D eigenvalue weighted by atomic mass is 9.97. The van der Waals surface area contributed by atoms with Gasteiger partial charge in [0.15, 0.2) is 5.82 Å². The van der Waals surface area contributed by atoms with E-state index in [0.29, 0.717) is 11.8 Å². The SMILES string of the molecule is CCN(CC)c1ccc(Nc2cnnc(NCCC3=CCCCC3)n2)c(C)c1. The third-order valence-electron chi connectivity index (χ3n) is 5.27. The van der Waals surface area contributed by atoms with Gasteiger partial charge in [-0.2, -0.15) is 10.1 Å². The maximum absolute atomic E-state index is 4.56. The van der Waals surface area contributed by atoms with E-state index in [1.54, 1.807) is 11.8 Å². The zero-order chi connectivity index (χ0) is 19.8. The van der Waals surface area contributed by atoms with Gasteiger partial charge in [-0.1, -0.05) is 11.6 Å². The Balaban J connectivity index is 1.60. The molecule has 0 spiro atoms. The molecule has 1 aliphatic carbocycles. The molecule has 0 atom stereocenters. The number of aryl methyl sites for hydroxylation is 1. The lowest BCUT2D eigenvalue weighted by molar-refractivity contribution is 0.679. The Morgan fingerprint density at radius 2 is 2.00 bits per heavy atom. The second kappa shape index (κ2) is 10.1. The molecule has 0 aliphatic heterocycles. The van der Waals surface area contributed by atoms with Gasteiger partial charge < -0.3 is 15.5 Å². The molecule has 150 valence electrons. The van der Waals surface area contributed by atoms with E-state index in [9.17, 15) is 0 Å². The number of rotatable bonds is 9. The number of hydrogen-bond acceptors (Lipinski definition) is 6. The molecule has 3 rings (SSSR count). The van der Waals surface area contributed by atoms with Crippen molar-refractivity contribution < 1.29 is 0 Å². The molecule has 0 saturated heterocycles. The number of allylic oxidation sites excluding steroid dienone is 1. The van der Waals surface area contributed by atoms with Crippen molar-refractivity contribution >= 4 is 23.1 Å². The van der Waals surface area contributed by atoms with Crippen LogP contribution in [0.5, 0.6) is 0 Å². The maximum atomic E-state index is 4.56. The predicted octanol–water partition coefficient (Wildman–Crippen LogP) is 5.07. The lowest BCUT2D eigenvalue weighted by Gasteiger charge is -2.22. The van der Waals surface area contributed by atoms with Crippen molar-refractivity contribution in [2.24, 2.45) is 0 Å². The molecule has 0 unspecified atom stereocenters. The third kappa shape index (κ3) is 5.44. The normalized spacial score (nSPS) is 13.8. The van der Waals surface area contributed by atoms with Crippen molar-refractivity contribution in [1.82, 2.24) is 15.2 Å². The van der Waals surface area contributed by atoms with Gasteiger partial charge in [0.2, 0.25) is 5.95 Å². The highest BCUT2D eigenvalue weighted by atomic mass is 15.3. The molecule has 6 heteroatoms. The second-order valence-corrected chi connectivity index (χ2v) is 7.25. The van der Waals surface area contributed by atoms with Crippen molar-refractivity contribution in [3.8, 4) is 0 Å². The minimum Gasteiger partial charge on any atom is -0.372 e. The first-order valence-corrected chi connectivity index (χ1v) is 10.4. The lowest BCUT2D eigenvalue weighted by Crippen LogP contribution is -2.21. The zero-order valence-corrected chi connectivity index (χ0v) is 17.3. The van der Waals surface area contributed by atoms with Crippen LogP contribution >= 0.6 is 0 Å². The highest BCUT2D eigenvalue weighted by molar-refractivity contribution is 5.65. The maximum Gasteiger partial charge on any atom is 0.244 e. The van der Waals surface area contributed by atoms with Crippen molar-refractivity contribution in [2.45, 2.75) is 52.9 Å². The van der Waals surface area contributed by atoms with Crippen LogP contribution in [0.25, 0.3) is 0 Å². The van der Waals surface area contributed by atoms with E-state index < -0.39 is 0 Å². The van der Waals surface area contributed by atoms with E-state index in [1.807, 2.05) is 0 Å². The molecule has 6 nitrogen and oxygen atoms in total. The van der Waals surface area contributed by atoms with E-state index in [2.05, 4.69) is 75.8 Å². The van der Waals surface area contributed by atoms with Gasteiger partial charge in [0.1, 0.15) is 0 Å². The first kappa shape index (κ1) is 20.1. The molecular weight excluding hydrogens is 348 g/mol. The molecule has 1 aromatic heterocycles. The van der Waals surface area contributed by atoms with Gasteiger partial charge in [0.25, 0.3) is 0 Å². The van der Waals surface area contributed by atoms with Crippen LogP contribution in [0.2, 0.25) is 0 Å². The van der Waals surface area contributed by atoms with Crippen LogP contribution in [-0.4, -0.2) is 34.8 Å². The van der Waals surface area contributed by atoms with Crippen LogP contribution in [0.4, 0.5) is 23.1 Å². The minimum absolute atomic E-state index is 0.568. The highest BCUT2D eigenvalue weighted by Gasteiger charge is 2.08. The molecule has 2 N–H and O–H groups in total. The standard InChI is InChI=1S/C22H32N6/c1-4-28(5-2)19-11-12-20(17(3)15-19)25-21-16-24-27-22(26-21)23-14-13-18-9-7-6-8-10-18/h9,11-12,15-16H,4-8,10,13-14H2,1-3H3,(H2,23,25,26,27). The molecule has 0 amide bonds. The predicted molar refractivity (Wildman–Crippen MR) is 118 cm³/mol. The van der Waals surface area contributed by atoms with E-state index in [-0.39, 0.29) is 0 Å². The quantitative estimate of drug-likeness (QED) is 0.592. The Hall–Kier alpha value is -2.63. The van der Waals surface area contributed by atoms with Crippen LogP contribution in [0.15, 0.2) is 36.0 Å². The van der Waals surface area contributed by atoms with Crippen LogP contribution in [-0.2, 0) is 0 Å². The van der Waals surface area contributed by atoms with E-state index in [4.69, 9.17) is 0 Å². The summed E-state index contributed by atoms with van der Waals surface area (Å²) in [6.07, 6.45) is 10.2. The molecule has 2 aromatic rings. The van der Waals surface area contributed by atoms with Crippen molar-refractivity contribution in [3.05, 3.63) is 41.6 Å². The van der Waals surface area contributed by atoms with Crippen LogP contribution in [0.3, 0.4) is 0 Å². The molecule has 0 radical (unpaired) electrons. The molecular formula is C22H32N6. The molecule has 0 saturated carbocycles. The average molecular weight is 381 g/mol. The summed E-state index contributed by atoms with van der Waals surface area (Å²) < 4.78 is 0. The Kier molecular flexibility index (Phi) is 7.23. The zero-order valence-electron chi connectivity index (χ0n) is 17.3. The fourth-order valence-corrected chi connectivity index (χ4v) is 3.62. The van der Waals surface area contributed by atoms with Crippen LogP contribution < -0.4 is 15.5 Å². The van der Waals surface area contributed by atoms with Gasteiger partial charge in [-0.05, 0) is 76.6 Å². The number of anilines is 4. The molecule has 1 aliphatic rings. The van der Waals surface area contributed by atoms with E-state index >= 15 is 0 Å². The van der Waals surface area contributed by atoms with Gasteiger partial charge >= 0.3 is 0 Å². The number of nitrogens with one attached hydrogen (secondary N) is 2. The summed E-state index contributed by atoms with van der Waals surface area (Å²) in [6.45, 7) is 9.32. The Morgan fingerprint density at radius 3 is 2.71 bits per heavy atom. The molecule has 1 aromatic carbocycles. The number of benzene rings is 1. The number of hydrogen-bond donors (Lipinski definition) is 2. The summed E-state index contributed by atoms with van der Waals surface area (Å²) in [5.41, 5.74) is 5.01. The summed E-state index contributed by atoms with van der Waals surface area (Å²) in [4.78, 5) is 6.90. The van der Waals surface area contributed by atoms with E-state index in [1.165, 1.54) is 36.9 Å². The summed E-state index contributed by atoms with van der Waals surface area (Å²) >= 11 is 0. The first-order chi connectivity index (χ1) is 13.7. The monoisotopic (exact) mass is 380 g/mol. The minimum atomic E-state index is 0.568. The smallest absolute Gasteiger partial charge is 0.244 e. The summed E-state index contributed by atoms with van der Waals surface area (Å²) in [5, 5.41) is 14.9. The largest absolute Gasteiger partial charge is 0.372 e.